The van der Waals surface area contributed by atoms with Gasteiger partial charge in [-0.1, -0.05) is 0 Å². The number of anilines is 2. The van der Waals surface area contributed by atoms with Gasteiger partial charge in [0.2, 0.25) is 5.91 Å². The number of piperidine rings is 2. The third-order valence-corrected chi connectivity index (χ3v) is 9.88. The lowest BCUT2D eigenvalue weighted by Gasteiger charge is -2.40. The molecule has 2 fully saturated rings. The van der Waals surface area contributed by atoms with Gasteiger partial charge < -0.3 is 34.9 Å². The van der Waals surface area contributed by atoms with Crippen LogP contribution in [-0.4, -0.2) is 83.3 Å². The first-order valence-corrected chi connectivity index (χ1v) is 16.4. The van der Waals surface area contributed by atoms with Crippen LogP contribution in [0.2, 0.25) is 0 Å². The Morgan fingerprint density at radius 3 is 2.51 bits per heavy atom. The summed E-state index contributed by atoms with van der Waals surface area (Å²) in [4.78, 5) is 27.0. The molecule has 14 heteroatoms. The van der Waals surface area contributed by atoms with Crippen LogP contribution in [0.1, 0.15) is 67.4 Å². The van der Waals surface area contributed by atoms with Crippen molar-refractivity contribution in [3.63, 3.8) is 0 Å². The molecule has 3 aliphatic rings. The highest BCUT2D eigenvalue weighted by Gasteiger charge is 2.38. The summed E-state index contributed by atoms with van der Waals surface area (Å²) in [5.74, 6) is 0.0136. The van der Waals surface area contributed by atoms with E-state index in [4.69, 9.17) is 20.2 Å². The molecule has 1 aromatic carbocycles. The predicted octanol–water partition coefficient (Wildman–Crippen LogP) is 5.32. The van der Waals surface area contributed by atoms with Crippen LogP contribution in [0, 0.1) is 24.6 Å². The third-order valence-electron chi connectivity index (χ3n) is 9.88. The number of fused-ring (bicyclic) bond motifs is 3. The van der Waals surface area contributed by atoms with Gasteiger partial charge >= 0.3 is 6.18 Å². The van der Waals surface area contributed by atoms with Gasteiger partial charge in [0.1, 0.15) is 29.2 Å². The molecule has 0 bridgehead atoms. The first kappa shape index (κ1) is 33.4. The van der Waals surface area contributed by atoms with E-state index < -0.39 is 23.6 Å². The molecule has 6 rings (SSSR count). The van der Waals surface area contributed by atoms with Crippen LogP contribution < -0.4 is 11.1 Å². The van der Waals surface area contributed by atoms with E-state index in [2.05, 4.69) is 19.8 Å². The highest BCUT2D eigenvalue weighted by Crippen LogP contribution is 2.41. The largest absolute Gasteiger partial charge is 0.419 e. The molecular formula is C33H43F4N7O3. The second-order valence-corrected chi connectivity index (χ2v) is 13.0. The zero-order chi connectivity index (χ0) is 33.5. The highest BCUT2D eigenvalue weighted by atomic mass is 19.4. The topological polar surface area (TPSA) is 111 Å². The fourth-order valence-electron chi connectivity index (χ4n) is 7.35. The van der Waals surface area contributed by atoms with Crippen LogP contribution in [0.25, 0.3) is 11.0 Å². The summed E-state index contributed by atoms with van der Waals surface area (Å²) in [5.41, 5.74) is 5.59. The normalized spacial score (nSPS) is 20.8. The number of alkyl halides is 3. The number of carbonyl (C=O) groups is 1. The van der Waals surface area contributed by atoms with E-state index in [0.29, 0.717) is 61.6 Å². The molecule has 2 saturated heterocycles. The summed E-state index contributed by atoms with van der Waals surface area (Å²) in [6.45, 7) is 9.19. The molecule has 3 aliphatic heterocycles. The van der Waals surface area contributed by atoms with Gasteiger partial charge in [0.15, 0.2) is 0 Å². The van der Waals surface area contributed by atoms with Gasteiger partial charge in [0, 0.05) is 56.2 Å². The molecule has 2 aromatic heterocycles. The van der Waals surface area contributed by atoms with E-state index in [-0.39, 0.29) is 35.1 Å². The fourth-order valence-corrected chi connectivity index (χ4v) is 7.35. The van der Waals surface area contributed by atoms with Gasteiger partial charge in [-0.25, -0.2) is 14.4 Å². The summed E-state index contributed by atoms with van der Waals surface area (Å²) in [5, 5.41) is 3.81. The number of benzene rings is 1. The number of aromatic nitrogens is 3. The molecule has 5 heterocycles. The van der Waals surface area contributed by atoms with Gasteiger partial charge in [-0.15, -0.1) is 0 Å². The minimum atomic E-state index is -4.88. The molecule has 3 N–H and O–H groups in total. The van der Waals surface area contributed by atoms with Crippen LogP contribution in [-0.2, 0) is 27.0 Å². The first-order chi connectivity index (χ1) is 22.4. The van der Waals surface area contributed by atoms with Gasteiger partial charge in [0.05, 0.1) is 30.2 Å². The number of nitrogen functional groups attached to an aromatic ring is 1. The van der Waals surface area contributed by atoms with E-state index in [1.807, 2.05) is 11.0 Å². The molecule has 256 valence electrons. The molecule has 0 saturated carbocycles. The van der Waals surface area contributed by atoms with E-state index in [1.165, 1.54) is 6.07 Å². The van der Waals surface area contributed by atoms with E-state index in [9.17, 15) is 18.0 Å². The number of nitrogens with zero attached hydrogens (tertiary/aromatic N) is 5. The third kappa shape index (κ3) is 6.91. The minimum absolute atomic E-state index is 0.0646. The summed E-state index contributed by atoms with van der Waals surface area (Å²) >= 11 is 0. The van der Waals surface area contributed by atoms with Crippen molar-refractivity contribution in [2.24, 2.45) is 11.8 Å². The molecule has 10 nitrogen and oxygen atoms in total. The smallest absolute Gasteiger partial charge is 0.399 e. The van der Waals surface area contributed by atoms with Crippen molar-refractivity contribution in [3.8, 4) is 0 Å². The van der Waals surface area contributed by atoms with E-state index >= 15 is 4.39 Å². The molecule has 1 amide bonds. The second-order valence-electron chi connectivity index (χ2n) is 13.0. The molecule has 0 radical (unpaired) electrons. The SMILES string of the molecule is COCCN1CCC(C(=O)N2CCC(C3OCCn4c3cc3c(N[C@H](C)c5cc(N)cc(C(F)(F)F)c5F)nc(C)nc34)CC2)CC1. The van der Waals surface area contributed by atoms with Crippen molar-refractivity contribution in [1.82, 2.24) is 24.3 Å². The number of likely N-dealkylation sites (tertiary alicyclic amines) is 2. The Kier molecular flexibility index (Phi) is 9.64. The van der Waals surface area contributed by atoms with Crippen LogP contribution in [0.4, 0.5) is 29.1 Å². The average molecular weight is 662 g/mol. The maximum Gasteiger partial charge on any atom is 0.419 e. The summed E-state index contributed by atoms with van der Waals surface area (Å²) in [6.07, 6.45) is -1.71. The van der Waals surface area contributed by atoms with Gasteiger partial charge in [-0.3, -0.25) is 4.79 Å². The molecule has 47 heavy (non-hydrogen) atoms. The van der Waals surface area contributed by atoms with Crippen molar-refractivity contribution in [1.29, 1.82) is 0 Å². The molecule has 3 aromatic rings. The van der Waals surface area contributed by atoms with Gasteiger partial charge in [-0.2, -0.15) is 13.2 Å². The van der Waals surface area contributed by atoms with Crippen LogP contribution in [0.15, 0.2) is 18.2 Å². The number of aryl methyl sites for hydroxylation is 1. The van der Waals surface area contributed by atoms with Gasteiger partial charge in [0.25, 0.3) is 0 Å². The minimum Gasteiger partial charge on any atom is -0.399 e. The lowest BCUT2D eigenvalue weighted by atomic mass is 9.87. The Hall–Kier alpha value is -3.49. The number of nitrogens with one attached hydrogen (secondary N) is 1. The Morgan fingerprint density at radius 2 is 1.83 bits per heavy atom. The lowest BCUT2D eigenvalue weighted by molar-refractivity contribution is -0.140. The number of hydrogen-bond donors (Lipinski definition) is 2. The number of carbonyl (C=O) groups excluding carboxylic acids is 1. The summed E-state index contributed by atoms with van der Waals surface area (Å²) in [7, 11) is 1.70. The number of hydrogen-bond acceptors (Lipinski definition) is 8. The number of amides is 1. The number of halogens is 4. The number of rotatable bonds is 8. The average Bonchev–Trinajstić information content (AvgIpc) is 3.43. The standard InChI is InChI=1S/C33H43F4N7O3/c1-19(24-16-23(38)17-26(28(24)34)33(35,36)37)39-30-25-18-27-29(47-15-13-44(27)31(25)41-20(2)40-30)21-6-10-43(11-7-21)32(45)22-4-8-42(9-5-22)12-14-46-3/h16-19,21-22,29H,4-15,38H2,1-3H3,(H,39,40,41)/t19-,29?/m1/s1. The molecule has 0 spiro atoms. The summed E-state index contributed by atoms with van der Waals surface area (Å²) < 4.78 is 69.2. The monoisotopic (exact) mass is 661 g/mol. The quantitative estimate of drug-likeness (QED) is 0.247. The summed E-state index contributed by atoms with van der Waals surface area (Å²) in [6, 6.07) is 2.92. The second kappa shape index (κ2) is 13.6. The Balaban J connectivity index is 1.17. The van der Waals surface area contributed by atoms with Gasteiger partial charge in [-0.05, 0) is 76.7 Å². The van der Waals surface area contributed by atoms with Crippen molar-refractivity contribution in [3.05, 3.63) is 46.7 Å². The maximum absolute atomic E-state index is 15.1. The Morgan fingerprint density at radius 1 is 1.11 bits per heavy atom. The maximum atomic E-state index is 15.1. The molecular weight excluding hydrogens is 618 g/mol. The lowest BCUT2D eigenvalue weighted by Crippen LogP contribution is -2.46. The van der Waals surface area contributed by atoms with Crippen molar-refractivity contribution < 1.29 is 31.8 Å². The van der Waals surface area contributed by atoms with Crippen LogP contribution in [0.3, 0.4) is 0 Å². The van der Waals surface area contributed by atoms with Crippen LogP contribution >= 0.6 is 0 Å². The van der Waals surface area contributed by atoms with E-state index in [0.717, 1.165) is 51.0 Å². The van der Waals surface area contributed by atoms with Crippen molar-refractivity contribution in [2.45, 2.75) is 64.4 Å². The molecule has 1 unspecified atom stereocenters. The first-order valence-electron chi connectivity index (χ1n) is 16.4. The number of methoxy groups -OCH3 is 1. The zero-order valence-corrected chi connectivity index (χ0v) is 27.1. The predicted molar refractivity (Wildman–Crippen MR) is 169 cm³/mol. The number of nitrogens with two attached hydrogens (primary N) is 1. The van der Waals surface area contributed by atoms with Crippen molar-refractivity contribution in [2.75, 3.05) is 64.1 Å². The Bertz CT molecular complexity index is 1600. The fraction of sp³-hybridized carbons (Fsp3) is 0.606. The highest BCUT2D eigenvalue weighted by molar-refractivity contribution is 5.89. The molecule has 2 atom stereocenters. The van der Waals surface area contributed by atoms with Crippen molar-refractivity contribution >= 4 is 28.4 Å². The zero-order valence-electron chi connectivity index (χ0n) is 27.1. The van der Waals surface area contributed by atoms with E-state index in [1.54, 1.807) is 21.0 Å². The number of ether oxygens (including phenoxy) is 2. The molecule has 0 aliphatic carbocycles. The van der Waals surface area contributed by atoms with Crippen LogP contribution in [0.5, 0.6) is 0 Å². The Labute approximate surface area is 271 Å².